The van der Waals surface area contributed by atoms with E-state index < -0.39 is 0 Å². The second-order valence-corrected chi connectivity index (χ2v) is 7.12. The number of carbonyl (C=O) groups excluding carboxylic acids is 1. The Kier molecular flexibility index (Phi) is 5.18. The van der Waals surface area contributed by atoms with Gasteiger partial charge in [-0.15, -0.1) is 0 Å². The lowest BCUT2D eigenvalue weighted by atomic mass is 10.0. The maximum absolute atomic E-state index is 12.7. The zero-order chi connectivity index (χ0) is 19.5. The maximum atomic E-state index is 12.7. The molecule has 0 spiro atoms. The Balaban J connectivity index is 1.32. The van der Waals surface area contributed by atoms with Gasteiger partial charge in [-0.05, 0) is 38.0 Å². The van der Waals surface area contributed by atoms with E-state index in [1.807, 2.05) is 30.9 Å². The van der Waals surface area contributed by atoms with E-state index in [4.69, 9.17) is 4.74 Å². The Morgan fingerprint density at radius 2 is 2.11 bits per heavy atom. The highest BCUT2D eigenvalue weighted by atomic mass is 16.5. The molecule has 8 nitrogen and oxygen atoms in total. The molecule has 0 atom stereocenters. The fraction of sp³-hybridized carbons (Fsp3) is 0.450. The molecule has 0 saturated carbocycles. The van der Waals surface area contributed by atoms with Crippen LogP contribution in [0.15, 0.2) is 30.9 Å². The van der Waals surface area contributed by atoms with Crippen LogP contribution in [0.5, 0.6) is 5.75 Å². The molecule has 146 valence electrons. The second-order valence-electron chi connectivity index (χ2n) is 7.12. The Morgan fingerprint density at radius 1 is 1.29 bits per heavy atom. The van der Waals surface area contributed by atoms with Crippen molar-refractivity contribution < 1.29 is 9.53 Å². The number of amides is 1. The second kappa shape index (κ2) is 7.92. The third kappa shape index (κ3) is 3.81. The van der Waals surface area contributed by atoms with Gasteiger partial charge < -0.3 is 9.64 Å². The van der Waals surface area contributed by atoms with E-state index in [1.165, 1.54) is 6.33 Å². The van der Waals surface area contributed by atoms with Crippen molar-refractivity contribution >= 4 is 11.7 Å². The van der Waals surface area contributed by atoms with E-state index >= 15 is 0 Å². The fourth-order valence-corrected chi connectivity index (χ4v) is 3.74. The SMILES string of the molecule is Cc1nc2ncnn2c(C)c1CCC(=O)N1CCC(Oc2cccnc2)CC1. The minimum absolute atomic E-state index is 0.136. The van der Waals surface area contributed by atoms with Crippen LogP contribution in [0.25, 0.3) is 5.78 Å². The molecule has 0 radical (unpaired) electrons. The normalized spacial score (nSPS) is 15.1. The van der Waals surface area contributed by atoms with Gasteiger partial charge in [-0.25, -0.2) is 9.50 Å². The monoisotopic (exact) mass is 380 g/mol. The van der Waals surface area contributed by atoms with Crippen LogP contribution in [0.3, 0.4) is 0 Å². The van der Waals surface area contributed by atoms with Gasteiger partial charge in [0.1, 0.15) is 18.2 Å². The molecule has 1 amide bonds. The first-order valence-electron chi connectivity index (χ1n) is 9.62. The Bertz CT molecular complexity index is 963. The molecule has 8 heteroatoms. The molecule has 28 heavy (non-hydrogen) atoms. The summed E-state index contributed by atoms with van der Waals surface area (Å²) in [6.07, 6.45) is 7.90. The van der Waals surface area contributed by atoms with E-state index in [0.29, 0.717) is 18.6 Å². The van der Waals surface area contributed by atoms with Crippen LogP contribution in [0, 0.1) is 13.8 Å². The molecule has 0 aliphatic carbocycles. The summed E-state index contributed by atoms with van der Waals surface area (Å²) >= 11 is 0. The molecule has 0 aromatic carbocycles. The van der Waals surface area contributed by atoms with E-state index in [0.717, 1.165) is 48.6 Å². The average molecular weight is 380 g/mol. The number of nitrogens with zero attached hydrogens (tertiary/aromatic N) is 6. The first-order chi connectivity index (χ1) is 13.6. The third-order valence-electron chi connectivity index (χ3n) is 5.31. The van der Waals surface area contributed by atoms with Crippen molar-refractivity contribution in [1.29, 1.82) is 0 Å². The smallest absolute Gasteiger partial charge is 0.252 e. The van der Waals surface area contributed by atoms with Crippen molar-refractivity contribution in [3.63, 3.8) is 0 Å². The minimum Gasteiger partial charge on any atom is -0.489 e. The zero-order valence-electron chi connectivity index (χ0n) is 16.2. The number of hydrogen-bond acceptors (Lipinski definition) is 6. The highest BCUT2D eigenvalue weighted by molar-refractivity contribution is 5.76. The Morgan fingerprint density at radius 3 is 2.86 bits per heavy atom. The van der Waals surface area contributed by atoms with E-state index in [2.05, 4.69) is 20.1 Å². The van der Waals surface area contributed by atoms with Gasteiger partial charge in [-0.3, -0.25) is 9.78 Å². The fourth-order valence-electron chi connectivity index (χ4n) is 3.74. The van der Waals surface area contributed by atoms with Crippen molar-refractivity contribution in [2.75, 3.05) is 13.1 Å². The number of pyridine rings is 1. The third-order valence-corrected chi connectivity index (χ3v) is 5.31. The number of carbonyl (C=O) groups is 1. The molecule has 3 aromatic rings. The quantitative estimate of drug-likeness (QED) is 0.674. The van der Waals surface area contributed by atoms with Crippen LogP contribution < -0.4 is 4.74 Å². The topological polar surface area (TPSA) is 85.5 Å². The summed E-state index contributed by atoms with van der Waals surface area (Å²) in [5, 5.41) is 4.21. The van der Waals surface area contributed by atoms with Crippen molar-refractivity contribution in [1.82, 2.24) is 29.5 Å². The lowest BCUT2D eigenvalue weighted by Gasteiger charge is -2.32. The van der Waals surface area contributed by atoms with E-state index in [1.54, 1.807) is 16.9 Å². The van der Waals surface area contributed by atoms with Crippen LogP contribution in [-0.2, 0) is 11.2 Å². The van der Waals surface area contributed by atoms with Crippen LogP contribution in [0.2, 0.25) is 0 Å². The molecular formula is C20H24N6O2. The summed E-state index contributed by atoms with van der Waals surface area (Å²) in [6, 6.07) is 3.78. The van der Waals surface area contributed by atoms with E-state index in [9.17, 15) is 4.79 Å². The van der Waals surface area contributed by atoms with Crippen LogP contribution >= 0.6 is 0 Å². The van der Waals surface area contributed by atoms with Crippen LogP contribution in [0.4, 0.5) is 0 Å². The largest absolute Gasteiger partial charge is 0.489 e. The van der Waals surface area contributed by atoms with Gasteiger partial charge in [0.2, 0.25) is 5.91 Å². The van der Waals surface area contributed by atoms with Crippen LogP contribution in [-0.4, -0.2) is 54.6 Å². The number of ether oxygens (including phenoxy) is 1. The molecule has 1 fully saturated rings. The number of hydrogen-bond donors (Lipinski definition) is 0. The minimum atomic E-state index is 0.136. The number of fused-ring (bicyclic) bond motifs is 1. The average Bonchev–Trinajstić information content (AvgIpc) is 3.17. The molecule has 0 N–H and O–H groups in total. The molecule has 4 heterocycles. The number of piperidine rings is 1. The summed E-state index contributed by atoms with van der Waals surface area (Å²) in [5.74, 6) is 1.56. The van der Waals surface area contributed by atoms with Gasteiger partial charge in [-0.2, -0.15) is 10.1 Å². The molecule has 3 aromatic heterocycles. The highest BCUT2D eigenvalue weighted by Gasteiger charge is 2.24. The number of aromatic nitrogens is 5. The van der Waals surface area contributed by atoms with E-state index in [-0.39, 0.29) is 12.0 Å². The van der Waals surface area contributed by atoms with Crippen molar-refractivity contribution in [2.45, 2.75) is 45.6 Å². The van der Waals surface area contributed by atoms with Gasteiger partial charge >= 0.3 is 0 Å². The van der Waals surface area contributed by atoms with Gasteiger partial charge in [0.15, 0.2) is 0 Å². The standard InChI is InChI=1S/C20H24N6O2/c1-14-18(15(2)26-20(24-14)22-13-23-26)5-6-19(27)25-10-7-16(8-11-25)28-17-4-3-9-21-12-17/h3-4,9,12-13,16H,5-8,10-11H2,1-2H3. The zero-order valence-corrected chi connectivity index (χ0v) is 16.2. The summed E-state index contributed by atoms with van der Waals surface area (Å²) < 4.78 is 7.68. The van der Waals surface area contributed by atoms with Gasteiger partial charge in [-0.1, -0.05) is 0 Å². The first kappa shape index (κ1) is 18.3. The lowest BCUT2D eigenvalue weighted by Crippen LogP contribution is -2.41. The molecule has 1 saturated heterocycles. The predicted octanol–water partition coefficient (Wildman–Crippen LogP) is 2.14. The lowest BCUT2D eigenvalue weighted by molar-refractivity contribution is -0.132. The molecular weight excluding hydrogens is 356 g/mol. The molecule has 0 unspecified atom stereocenters. The Hall–Kier alpha value is -3.03. The van der Waals surface area contributed by atoms with Crippen LogP contribution in [0.1, 0.15) is 36.2 Å². The summed E-state index contributed by atoms with van der Waals surface area (Å²) in [4.78, 5) is 27.3. The summed E-state index contributed by atoms with van der Waals surface area (Å²) in [5.41, 5.74) is 2.98. The van der Waals surface area contributed by atoms with Gasteiger partial charge in [0, 0.05) is 49.9 Å². The molecule has 1 aliphatic rings. The van der Waals surface area contributed by atoms with Crippen molar-refractivity contribution in [3.8, 4) is 5.75 Å². The number of rotatable bonds is 5. The molecule has 4 rings (SSSR count). The molecule has 0 bridgehead atoms. The summed E-state index contributed by atoms with van der Waals surface area (Å²) in [7, 11) is 0. The number of likely N-dealkylation sites (tertiary alicyclic amines) is 1. The summed E-state index contributed by atoms with van der Waals surface area (Å²) in [6.45, 7) is 5.41. The van der Waals surface area contributed by atoms with Crippen molar-refractivity contribution in [2.24, 2.45) is 0 Å². The van der Waals surface area contributed by atoms with Gasteiger partial charge in [0.25, 0.3) is 5.78 Å². The maximum Gasteiger partial charge on any atom is 0.252 e. The number of aryl methyl sites for hydroxylation is 2. The highest BCUT2D eigenvalue weighted by Crippen LogP contribution is 2.20. The van der Waals surface area contributed by atoms with Crippen molar-refractivity contribution in [3.05, 3.63) is 47.8 Å². The van der Waals surface area contributed by atoms with Gasteiger partial charge in [0.05, 0.1) is 6.20 Å². The predicted molar refractivity (Wildman–Crippen MR) is 103 cm³/mol. The Labute approximate surface area is 163 Å². The molecule has 1 aliphatic heterocycles. The first-order valence-corrected chi connectivity index (χ1v) is 9.62.